The lowest BCUT2D eigenvalue weighted by atomic mass is 9.98. The molecule has 0 unspecified atom stereocenters. The van der Waals surface area contributed by atoms with Crippen LogP contribution in [0.3, 0.4) is 0 Å². The fourth-order valence-corrected chi connectivity index (χ4v) is 2.77. The summed E-state index contributed by atoms with van der Waals surface area (Å²) in [5.41, 5.74) is 4.61. The predicted molar refractivity (Wildman–Crippen MR) is 76.5 cm³/mol. The van der Waals surface area contributed by atoms with E-state index in [1.54, 1.807) is 0 Å². The van der Waals surface area contributed by atoms with Crippen LogP contribution >= 0.6 is 27.7 Å². The van der Waals surface area contributed by atoms with Gasteiger partial charge in [-0.1, -0.05) is 34.1 Å². The maximum absolute atomic E-state index is 9.48. The van der Waals surface area contributed by atoms with Gasteiger partial charge >= 0.3 is 0 Å². The largest absolute Gasteiger partial charge is 0.392 e. The van der Waals surface area contributed by atoms with E-state index in [0.29, 0.717) is 0 Å². The van der Waals surface area contributed by atoms with E-state index >= 15 is 0 Å². The molecule has 3 nitrogen and oxygen atoms in total. The van der Waals surface area contributed by atoms with E-state index in [4.69, 9.17) is 0 Å². The van der Waals surface area contributed by atoms with Crippen molar-refractivity contribution in [3.8, 4) is 11.1 Å². The van der Waals surface area contributed by atoms with Gasteiger partial charge in [0.05, 0.1) is 18.3 Å². The number of hydrogen-bond donors (Lipinski definition) is 1. The van der Waals surface area contributed by atoms with E-state index in [0.717, 1.165) is 32.2 Å². The third kappa shape index (κ3) is 1.94. The van der Waals surface area contributed by atoms with Crippen LogP contribution in [0.5, 0.6) is 0 Å². The Labute approximate surface area is 117 Å². The first-order valence-electron chi connectivity index (χ1n) is 5.40. The SMILES string of the molecule is OCc1ccc2nsnc2c1-c1ccc(Br)cc1. The molecule has 0 bridgehead atoms. The number of aliphatic hydroxyl groups is 1. The lowest BCUT2D eigenvalue weighted by molar-refractivity contribution is 0.282. The van der Waals surface area contributed by atoms with Crippen LogP contribution in [0.4, 0.5) is 0 Å². The summed E-state index contributed by atoms with van der Waals surface area (Å²) in [4.78, 5) is 0. The second kappa shape index (κ2) is 4.76. The molecule has 0 amide bonds. The second-order valence-corrected chi connectivity index (χ2v) is 5.34. The highest BCUT2D eigenvalue weighted by Crippen LogP contribution is 2.32. The van der Waals surface area contributed by atoms with Gasteiger partial charge in [-0.15, -0.1) is 0 Å². The Balaban J connectivity index is 2.31. The molecule has 5 heteroatoms. The highest BCUT2D eigenvalue weighted by molar-refractivity contribution is 9.10. The van der Waals surface area contributed by atoms with Gasteiger partial charge in [-0.2, -0.15) is 8.75 Å². The molecular weight excluding hydrogens is 312 g/mol. The maximum atomic E-state index is 9.48. The molecule has 2 aromatic carbocycles. The molecule has 0 radical (unpaired) electrons. The molecule has 1 heterocycles. The Morgan fingerprint density at radius 2 is 1.83 bits per heavy atom. The molecule has 0 aliphatic heterocycles. The number of hydrogen-bond acceptors (Lipinski definition) is 4. The van der Waals surface area contributed by atoms with Gasteiger partial charge in [0.15, 0.2) is 0 Å². The summed E-state index contributed by atoms with van der Waals surface area (Å²) in [6, 6.07) is 11.8. The van der Waals surface area contributed by atoms with Crippen molar-refractivity contribution in [1.82, 2.24) is 8.75 Å². The molecule has 0 aliphatic carbocycles. The van der Waals surface area contributed by atoms with Crippen LogP contribution in [-0.2, 0) is 6.61 Å². The number of fused-ring (bicyclic) bond motifs is 1. The number of benzene rings is 2. The fourth-order valence-electron chi connectivity index (χ4n) is 1.96. The van der Waals surface area contributed by atoms with Crippen LogP contribution in [0.1, 0.15) is 5.56 Å². The Morgan fingerprint density at radius 1 is 1.06 bits per heavy atom. The number of aromatic nitrogens is 2. The monoisotopic (exact) mass is 320 g/mol. The van der Waals surface area contributed by atoms with Crippen LogP contribution in [0, 0.1) is 0 Å². The van der Waals surface area contributed by atoms with Crippen LogP contribution in [-0.4, -0.2) is 13.9 Å². The molecule has 18 heavy (non-hydrogen) atoms. The van der Waals surface area contributed by atoms with Gasteiger partial charge in [0.25, 0.3) is 0 Å². The summed E-state index contributed by atoms with van der Waals surface area (Å²) in [6.45, 7) is -0.00113. The first-order valence-corrected chi connectivity index (χ1v) is 6.93. The van der Waals surface area contributed by atoms with E-state index in [9.17, 15) is 5.11 Å². The average molecular weight is 321 g/mol. The maximum Gasteiger partial charge on any atom is 0.112 e. The summed E-state index contributed by atoms with van der Waals surface area (Å²) in [7, 11) is 0. The summed E-state index contributed by atoms with van der Waals surface area (Å²) in [5.74, 6) is 0. The zero-order valence-electron chi connectivity index (χ0n) is 9.30. The number of rotatable bonds is 2. The Bertz CT molecular complexity index is 694. The summed E-state index contributed by atoms with van der Waals surface area (Å²) in [5, 5.41) is 9.48. The molecule has 3 rings (SSSR count). The molecular formula is C13H9BrN2OS. The Kier molecular flexibility index (Phi) is 3.11. The molecule has 1 aromatic heterocycles. The molecule has 0 aliphatic rings. The molecule has 1 N–H and O–H groups in total. The minimum absolute atomic E-state index is 0.00113. The third-order valence-electron chi connectivity index (χ3n) is 2.82. The van der Waals surface area contributed by atoms with Crippen LogP contribution in [0.15, 0.2) is 40.9 Å². The van der Waals surface area contributed by atoms with Gasteiger partial charge in [-0.3, -0.25) is 0 Å². The van der Waals surface area contributed by atoms with E-state index in [2.05, 4.69) is 24.7 Å². The smallest absolute Gasteiger partial charge is 0.112 e. The Hall–Kier alpha value is -1.30. The quantitative estimate of drug-likeness (QED) is 0.784. The average Bonchev–Trinajstić information content (AvgIpc) is 2.87. The molecule has 0 fully saturated rings. The summed E-state index contributed by atoms with van der Waals surface area (Å²) >= 11 is 4.61. The van der Waals surface area contributed by atoms with Crippen LogP contribution < -0.4 is 0 Å². The Morgan fingerprint density at radius 3 is 2.56 bits per heavy atom. The van der Waals surface area contributed by atoms with Crippen LogP contribution in [0.25, 0.3) is 22.2 Å². The minimum Gasteiger partial charge on any atom is -0.392 e. The fraction of sp³-hybridized carbons (Fsp3) is 0.0769. The van der Waals surface area contributed by atoms with Gasteiger partial charge in [0, 0.05) is 10.0 Å². The molecule has 90 valence electrons. The van der Waals surface area contributed by atoms with Crippen molar-refractivity contribution in [2.45, 2.75) is 6.61 Å². The topological polar surface area (TPSA) is 46.0 Å². The summed E-state index contributed by atoms with van der Waals surface area (Å²) in [6.07, 6.45) is 0. The van der Waals surface area contributed by atoms with E-state index in [1.807, 2.05) is 36.4 Å². The van der Waals surface area contributed by atoms with Gasteiger partial charge in [-0.25, -0.2) is 0 Å². The van der Waals surface area contributed by atoms with Crippen molar-refractivity contribution in [3.05, 3.63) is 46.4 Å². The highest BCUT2D eigenvalue weighted by Gasteiger charge is 2.12. The van der Waals surface area contributed by atoms with Crippen molar-refractivity contribution in [2.24, 2.45) is 0 Å². The first kappa shape index (κ1) is 11.8. The van der Waals surface area contributed by atoms with E-state index < -0.39 is 0 Å². The number of nitrogens with zero attached hydrogens (tertiary/aromatic N) is 2. The predicted octanol–water partition coefficient (Wildman–Crippen LogP) is 3.61. The summed E-state index contributed by atoms with van der Waals surface area (Å²) < 4.78 is 9.60. The molecule has 0 saturated heterocycles. The van der Waals surface area contributed by atoms with Gasteiger partial charge in [0.1, 0.15) is 11.0 Å². The highest BCUT2D eigenvalue weighted by atomic mass is 79.9. The molecule has 0 spiro atoms. The van der Waals surface area contributed by atoms with Gasteiger partial charge in [-0.05, 0) is 29.3 Å². The molecule has 3 aromatic rings. The van der Waals surface area contributed by atoms with Crippen molar-refractivity contribution < 1.29 is 5.11 Å². The third-order valence-corrected chi connectivity index (χ3v) is 3.89. The lowest BCUT2D eigenvalue weighted by Crippen LogP contribution is -1.91. The van der Waals surface area contributed by atoms with Gasteiger partial charge in [0.2, 0.25) is 0 Å². The zero-order valence-corrected chi connectivity index (χ0v) is 11.7. The van der Waals surface area contributed by atoms with E-state index in [-0.39, 0.29) is 6.61 Å². The number of halogens is 1. The number of aliphatic hydroxyl groups excluding tert-OH is 1. The van der Waals surface area contributed by atoms with Crippen molar-refractivity contribution in [3.63, 3.8) is 0 Å². The van der Waals surface area contributed by atoms with Gasteiger partial charge < -0.3 is 5.11 Å². The van der Waals surface area contributed by atoms with Crippen molar-refractivity contribution >= 4 is 38.7 Å². The van der Waals surface area contributed by atoms with Crippen molar-refractivity contribution in [1.29, 1.82) is 0 Å². The molecule has 0 atom stereocenters. The normalized spacial score (nSPS) is 11.0. The zero-order chi connectivity index (χ0) is 12.5. The first-order chi connectivity index (χ1) is 8.79. The molecule has 0 saturated carbocycles. The van der Waals surface area contributed by atoms with Crippen molar-refractivity contribution in [2.75, 3.05) is 0 Å². The standard InChI is InChI=1S/C13H9BrN2OS/c14-10-4-1-8(2-5-10)12-9(7-17)3-6-11-13(12)16-18-15-11/h1-6,17H,7H2. The minimum atomic E-state index is -0.00113. The van der Waals surface area contributed by atoms with E-state index in [1.165, 1.54) is 11.7 Å². The van der Waals surface area contributed by atoms with Crippen LogP contribution in [0.2, 0.25) is 0 Å². The lowest BCUT2D eigenvalue weighted by Gasteiger charge is -2.08. The second-order valence-electron chi connectivity index (χ2n) is 3.90.